The highest BCUT2D eigenvalue weighted by atomic mass is 35.5. The number of aromatic amines is 1. The Kier molecular flexibility index (Phi) is 2.85. The molecule has 2 aromatic rings. The van der Waals surface area contributed by atoms with E-state index in [0.717, 1.165) is 11.0 Å². The molecule has 2 N–H and O–H groups in total. The third-order valence-electron chi connectivity index (χ3n) is 3.67. The van der Waals surface area contributed by atoms with E-state index in [1.807, 2.05) is 6.07 Å². The summed E-state index contributed by atoms with van der Waals surface area (Å²) in [7, 11) is 0. The third kappa shape index (κ3) is 1.96. The first-order valence-corrected chi connectivity index (χ1v) is 6.82. The normalized spacial score (nSPS) is 32.7. The first-order valence-electron chi connectivity index (χ1n) is 6.44. The van der Waals surface area contributed by atoms with Gasteiger partial charge < -0.3 is 24.3 Å². The van der Waals surface area contributed by atoms with Gasteiger partial charge in [-0.25, -0.2) is 0 Å². The number of benzene rings is 1. The molecule has 106 valence electrons. The molecule has 4 rings (SSSR count). The molecule has 1 aromatic carbocycles. The van der Waals surface area contributed by atoms with Crippen molar-refractivity contribution < 1.29 is 19.3 Å². The summed E-state index contributed by atoms with van der Waals surface area (Å²) in [6.07, 6.45) is -1.41. The largest absolute Gasteiger partial charge is 0.456 e. The molecule has 0 amide bonds. The maximum Gasteiger partial charge on any atom is 0.295 e. The van der Waals surface area contributed by atoms with Gasteiger partial charge in [0.05, 0.1) is 24.2 Å². The lowest BCUT2D eigenvalue weighted by molar-refractivity contribution is 0.00706. The zero-order valence-corrected chi connectivity index (χ0v) is 11.2. The van der Waals surface area contributed by atoms with E-state index in [-0.39, 0.29) is 24.9 Å². The van der Waals surface area contributed by atoms with E-state index in [4.69, 9.17) is 25.8 Å². The number of rotatable bonds is 2. The summed E-state index contributed by atoms with van der Waals surface area (Å²) in [5, 5.41) is 10.3. The van der Waals surface area contributed by atoms with Crippen LogP contribution in [0, 0.1) is 0 Å². The van der Waals surface area contributed by atoms with E-state index in [9.17, 15) is 5.11 Å². The number of hydrogen-bond donors (Lipinski definition) is 2. The molecular formula is C13H13ClN2O4. The van der Waals surface area contributed by atoms with Gasteiger partial charge in [-0.3, -0.25) is 0 Å². The number of fused-ring (bicyclic) bond motifs is 2. The van der Waals surface area contributed by atoms with Crippen molar-refractivity contribution in [3.05, 3.63) is 23.2 Å². The number of aliphatic hydroxyl groups excluding tert-OH is 1. The van der Waals surface area contributed by atoms with Crippen molar-refractivity contribution in [2.24, 2.45) is 0 Å². The number of nitrogens with zero attached hydrogens (tertiary/aromatic N) is 1. The standard InChI is InChI=1S/C13H13ClN2O4/c14-6-1-2-7-8(3-6)16-13(15-7)20-10-5-19-11-9(17)4-18-12(10)11/h1-3,9-12,17H,4-5H2,(H,15,16)/t9-,10-,11-,12-/m1/s1. The Morgan fingerprint density at radius 3 is 3.05 bits per heavy atom. The second kappa shape index (κ2) is 4.60. The van der Waals surface area contributed by atoms with Crippen molar-refractivity contribution in [1.82, 2.24) is 9.97 Å². The third-order valence-corrected chi connectivity index (χ3v) is 3.90. The predicted octanol–water partition coefficient (Wildman–Crippen LogP) is 1.12. The molecule has 20 heavy (non-hydrogen) atoms. The Labute approximate surface area is 119 Å². The molecule has 6 nitrogen and oxygen atoms in total. The zero-order valence-electron chi connectivity index (χ0n) is 10.5. The minimum absolute atomic E-state index is 0.248. The molecule has 2 fully saturated rings. The average Bonchev–Trinajstić information content (AvgIpc) is 3.08. The molecule has 0 saturated carbocycles. The van der Waals surface area contributed by atoms with Gasteiger partial charge in [-0.1, -0.05) is 11.6 Å². The molecule has 0 unspecified atom stereocenters. The van der Waals surface area contributed by atoms with Gasteiger partial charge >= 0.3 is 0 Å². The molecule has 2 aliphatic heterocycles. The predicted molar refractivity (Wildman–Crippen MR) is 71.0 cm³/mol. The van der Waals surface area contributed by atoms with E-state index < -0.39 is 6.10 Å². The van der Waals surface area contributed by atoms with Crippen LogP contribution in [0.4, 0.5) is 0 Å². The number of nitrogens with one attached hydrogen (secondary N) is 1. The van der Waals surface area contributed by atoms with Gasteiger partial charge in [-0.2, -0.15) is 4.98 Å². The Bertz CT molecular complexity index is 646. The van der Waals surface area contributed by atoms with Crippen LogP contribution < -0.4 is 4.74 Å². The van der Waals surface area contributed by atoms with Crippen molar-refractivity contribution in [3.63, 3.8) is 0 Å². The second-order valence-electron chi connectivity index (χ2n) is 5.02. The van der Waals surface area contributed by atoms with Crippen LogP contribution in [-0.2, 0) is 9.47 Å². The topological polar surface area (TPSA) is 76.6 Å². The summed E-state index contributed by atoms with van der Waals surface area (Å²) < 4.78 is 16.8. The quantitative estimate of drug-likeness (QED) is 0.868. The van der Waals surface area contributed by atoms with Crippen LogP contribution >= 0.6 is 11.6 Å². The van der Waals surface area contributed by atoms with Crippen LogP contribution in [0.2, 0.25) is 5.02 Å². The Morgan fingerprint density at radius 1 is 1.30 bits per heavy atom. The number of halogens is 1. The van der Waals surface area contributed by atoms with Gasteiger partial charge in [0, 0.05) is 5.02 Å². The summed E-state index contributed by atoms with van der Waals surface area (Å²) in [5.74, 6) is 0. The highest BCUT2D eigenvalue weighted by Crippen LogP contribution is 2.30. The summed E-state index contributed by atoms with van der Waals surface area (Å²) in [4.78, 5) is 7.40. The van der Waals surface area contributed by atoms with Gasteiger partial charge in [0.25, 0.3) is 6.01 Å². The number of ether oxygens (including phenoxy) is 3. The molecule has 3 heterocycles. The molecule has 0 radical (unpaired) electrons. The maximum absolute atomic E-state index is 9.68. The number of aromatic nitrogens is 2. The molecule has 0 spiro atoms. The Hall–Kier alpha value is -1.34. The molecule has 4 atom stereocenters. The van der Waals surface area contributed by atoms with Crippen molar-refractivity contribution in [2.75, 3.05) is 13.2 Å². The Balaban J connectivity index is 1.56. The van der Waals surface area contributed by atoms with Crippen LogP contribution in [-0.4, -0.2) is 52.7 Å². The summed E-state index contributed by atoms with van der Waals surface area (Å²) in [6, 6.07) is 5.80. The molecular weight excluding hydrogens is 284 g/mol. The van der Waals surface area contributed by atoms with E-state index in [0.29, 0.717) is 17.6 Å². The monoisotopic (exact) mass is 296 g/mol. The van der Waals surface area contributed by atoms with E-state index in [1.54, 1.807) is 12.1 Å². The number of H-pyrrole nitrogens is 1. The second-order valence-corrected chi connectivity index (χ2v) is 5.46. The van der Waals surface area contributed by atoms with Crippen LogP contribution in [0.25, 0.3) is 11.0 Å². The lowest BCUT2D eigenvalue weighted by Gasteiger charge is -2.15. The molecule has 0 aliphatic carbocycles. The fourth-order valence-electron chi connectivity index (χ4n) is 2.70. The van der Waals surface area contributed by atoms with Crippen LogP contribution in [0.5, 0.6) is 6.01 Å². The van der Waals surface area contributed by atoms with E-state index in [1.165, 1.54) is 0 Å². The number of imidazole rings is 1. The zero-order chi connectivity index (χ0) is 13.7. The SMILES string of the molecule is O[C@@H]1CO[C@H]2[C@@H]1OC[C@H]2Oc1nc2ccc(Cl)cc2[nH]1. The van der Waals surface area contributed by atoms with Gasteiger partial charge in [0.2, 0.25) is 0 Å². The van der Waals surface area contributed by atoms with Crippen LogP contribution in [0.3, 0.4) is 0 Å². The first-order chi connectivity index (χ1) is 9.70. The van der Waals surface area contributed by atoms with Gasteiger partial charge in [0.15, 0.2) is 6.10 Å². The lowest BCUT2D eigenvalue weighted by Crippen LogP contribution is -2.34. The summed E-state index contributed by atoms with van der Waals surface area (Å²) in [5.41, 5.74) is 1.60. The smallest absolute Gasteiger partial charge is 0.295 e. The summed E-state index contributed by atoms with van der Waals surface area (Å²) >= 11 is 5.93. The number of aliphatic hydroxyl groups is 1. The van der Waals surface area contributed by atoms with Crippen molar-refractivity contribution in [3.8, 4) is 6.01 Å². The van der Waals surface area contributed by atoms with Gasteiger partial charge in [-0.05, 0) is 18.2 Å². The minimum atomic E-state index is -0.580. The molecule has 2 aliphatic rings. The van der Waals surface area contributed by atoms with Crippen LogP contribution in [0.1, 0.15) is 0 Å². The van der Waals surface area contributed by atoms with Crippen LogP contribution in [0.15, 0.2) is 18.2 Å². The van der Waals surface area contributed by atoms with Crippen molar-refractivity contribution in [2.45, 2.75) is 24.4 Å². The highest BCUT2D eigenvalue weighted by Gasteiger charge is 2.48. The first kappa shape index (κ1) is 12.4. The maximum atomic E-state index is 9.68. The number of hydrogen-bond acceptors (Lipinski definition) is 5. The minimum Gasteiger partial charge on any atom is -0.456 e. The molecule has 2 saturated heterocycles. The fourth-order valence-corrected chi connectivity index (χ4v) is 2.87. The summed E-state index contributed by atoms with van der Waals surface area (Å²) in [6.45, 7) is 0.662. The van der Waals surface area contributed by atoms with E-state index >= 15 is 0 Å². The van der Waals surface area contributed by atoms with Gasteiger partial charge in [-0.15, -0.1) is 0 Å². The lowest BCUT2D eigenvalue weighted by atomic mass is 10.1. The molecule has 1 aromatic heterocycles. The molecule has 0 bridgehead atoms. The molecule has 7 heteroatoms. The van der Waals surface area contributed by atoms with Crippen molar-refractivity contribution >= 4 is 22.6 Å². The van der Waals surface area contributed by atoms with Gasteiger partial charge in [0.1, 0.15) is 18.3 Å². The highest BCUT2D eigenvalue weighted by molar-refractivity contribution is 6.31. The van der Waals surface area contributed by atoms with E-state index in [2.05, 4.69) is 9.97 Å². The Morgan fingerprint density at radius 2 is 2.15 bits per heavy atom. The average molecular weight is 297 g/mol. The fraction of sp³-hybridized carbons (Fsp3) is 0.462. The van der Waals surface area contributed by atoms with Crippen molar-refractivity contribution in [1.29, 1.82) is 0 Å².